The standard InChI is InChI=1S/C20H22BrN3O3/c1-23-10-12-24(13-11-23)20(26)17-4-2-3-5-18(17)27-14-19(25)22-16-8-6-15(21)7-9-16/h2-9H,10-14H2,1H3,(H,22,25). The molecule has 1 aliphatic rings. The fraction of sp³-hybridized carbons (Fsp3) is 0.300. The van der Waals surface area contributed by atoms with Gasteiger partial charge in [0.15, 0.2) is 6.61 Å². The van der Waals surface area contributed by atoms with E-state index in [1.54, 1.807) is 36.4 Å². The van der Waals surface area contributed by atoms with Gasteiger partial charge in [-0.05, 0) is 43.4 Å². The minimum atomic E-state index is -0.279. The van der Waals surface area contributed by atoms with Crippen LogP contribution in [0.2, 0.25) is 0 Å². The highest BCUT2D eigenvalue weighted by Gasteiger charge is 2.23. The molecule has 27 heavy (non-hydrogen) atoms. The molecule has 2 aromatic carbocycles. The van der Waals surface area contributed by atoms with E-state index in [9.17, 15) is 9.59 Å². The average Bonchev–Trinajstić information content (AvgIpc) is 2.68. The Labute approximate surface area is 167 Å². The van der Waals surface area contributed by atoms with Crippen molar-refractivity contribution >= 4 is 33.4 Å². The lowest BCUT2D eigenvalue weighted by molar-refractivity contribution is -0.118. The first kappa shape index (κ1) is 19.4. The van der Waals surface area contributed by atoms with Crippen LogP contribution in [0.25, 0.3) is 0 Å². The van der Waals surface area contributed by atoms with Gasteiger partial charge in [-0.1, -0.05) is 28.1 Å². The third-order valence-corrected chi connectivity index (χ3v) is 4.92. The Kier molecular flexibility index (Phi) is 6.47. The van der Waals surface area contributed by atoms with E-state index in [2.05, 4.69) is 26.1 Å². The second-order valence-corrected chi connectivity index (χ2v) is 7.35. The SMILES string of the molecule is CN1CCN(C(=O)c2ccccc2OCC(=O)Nc2ccc(Br)cc2)CC1. The molecular formula is C20H22BrN3O3. The number of rotatable bonds is 5. The number of anilines is 1. The summed E-state index contributed by atoms with van der Waals surface area (Å²) < 4.78 is 6.59. The summed E-state index contributed by atoms with van der Waals surface area (Å²) in [4.78, 5) is 29.0. The quantitative estimate of drug-likeness (QED) is 0.790. The summed E-state index contributed by atoms with van der Waals surface area (Å²) in [6.07, 6.45) is 0. The summed E-state index contributed by atoms with van der Waals surface area (Å²) in [5, 5.41) is 2.77. The fourth-order valence-corrected chi connectivity index (χ4v) is 3.09. The highest BCUT2D eigenvalue weighted by atomic mass is 79.9. The predicted octanol–water partition coefficient (Wildman–Crippen LogP) is 2.85. The molecule has 0 unspecified atom stereocenters. The smallest absolute Gasteiger partial charge is 0.262 e. The molecule has 1 saturated heterocycles. The minimum Gasteiger partial charge on any atom is -0.483 e. The summed E-state index contributed by atoms with van der Waals surface area (Å²) in [5.41, 5.74) is 1.17. The van der Waals surface area contributed by atoms with Crippen LogP contribution in [0.5, 0.6) is 5.75 Å². The van der Waals surface area contributed by atoms with Crippen LogP contribution in [0, 0.1) is 0 Å². The van der Waals surface area contributed by atoms with Crippen LogP contribution >= 0.6 is 15.9 Å². The van der Waals surface area contributed by atoms with Gasteiger partial charge >= 0.3 is 0 Å². The summed E-state index contributed by atoms with van der Waals surface area (Å²) in [5.74, 6) is 0.0820. The number of hydrogen-bond acceptors (Lipinski definition) is 4. The number of carbonyl (C=O) groups is 2. The number of ether oxygens (including phenoxy) is 1. The van der Waals surface area contributed by atoms with Crippen molar-refractivity contribution in [3.63, 3.8) is 0 Å². The molecule has 1 N–H and O–H groups in total. The van der Waals surface area contributed by atoms with Crippen LogP contribution in [0.4, 0.5) is 5.69 Å². The van der Waals surface area contributed by atoms with Gasteiger partial charge in [0.05, 0.1) is 5.56 Å². The van der Waals surface area contributed by atoms with Gasteiger partial charge in [-0.2, -0.15) is 0 Å². The van der Waals surface area contributed by atoms with Gasteiger partial charge in [0.1, 0.15) is 5.75 Å². The number of hydrogen-bond donors (Lipinski definition) is 1. The van der Waals surface area contributed by atoms with Crippen LogP contribution in [-0.4, -0.2) is 61.4 Å². The summed E-state index contributed by atoms with van der Waals surface area (Å²) >= 11 is 3.35. The molecule has 1 fully saturated rings. The monoisotopic (exact) mass is 431 g/mol. The molecule has 3 rings (SSSR count). The summed E-state index contributed by atoms with van der Waals surface area (Å²) in [6, 6.07) is 14.3. The first-order valence-corrected chi connectivity index (χ1v) is 9.57. The number of carbonyl (C=O) groups excluding carboxylic acids is 2. The van der Waals surface area contributed by atoms with Crippen molar-refractivity contribution < 1.29 is 14.3 Å². The zero-order chi connectivity index (χ0) is 19.2. The number of piperazine rings is 1. The van der Waals surface area contributed by atoms with Crippen LogP contribution in [-0.2, 0) is 4.79 Å². The van der Waals surface area contributed by atoms with Crippen LogP contribution < -0.4 is 10.1 Å². The van der Waals surface area contributed by atoms with Gasteiger partial charge in [0, 0.05) is 36.3 Å². The lowest BCUT2D eigenvalue weighted by Crippen LogP contribution is -2.47. The maximum Gasteiger partial charge on any atom is 0.262 e. The van der Waals surface area contributed by atoms with E-state index in [0.29, 0.717) is 30.1 Å². The molecule has 2 aromatic rings. The third kappa shape index (κ3) is 5.30. The van der Waals surface area contributed by atoms with Crippen molar-refractivity contribution in [3.05, 3.63) is 58.6 Å². The van der Waals surface area contributed by atoms with Gasteiger partial charge in [-0.15, -0.1) is 0 Å². The largest absolute Gasteiger partial charge is 0.483 e. The normalized spacial score (nSPS) is 14.7. The zero-order valence-electron chi connectivity index (χ0n) is 15.2. The Balaban J connectivity index is 1.61. The highest BCUT2D eigenvalue weighted by Crippen LogP contribution is 2.21. The molecule has 2 amide bonds. The van der Waals surface area contributed by atoms with Crippen molar-refractivity contribution in [1.82, 2.24) is 9.80 Å². The fourth-order valence-electron chi connectivity index (χ4n) is 2.82. The lowest BCUT2D eigenvalue weighted by atomic mass is 10.1. The van der Waals surface area contributed by atoms with Gasteiger partial charge in [-0.25, -0.2) is 0 Å². The maximum absolute atomic E-state index is 12.8. The van der Waals surface area contributed by atoms with E-state index >= 15 is 0 Å². The molecular weight excluding hydrogens is 410 g/mol. The Morgan fingerprint density at radius 3 is 2.41 bits per heavy atom. The molecule has 7 heteroatoms. The van der Waals surface area contributed by atoms with E-state index < -0.39 is 0 Å². The van der Waals surface area contributed by atoms with Gasteiger partial charge in [-0.3, -0.25) is 9.59 Å². The van der Waals surface area contributed by atoms with Gasteiger partial charge in [0.25, 0.3) is 11.8 Å². The minimum absolute atomic E-state index is 0.0629. The molecule has 0 bridgehead atoms. The first-order chi connectivity index (χ1) is 13.0. The number of amides is 2. The Bertz CT molecular complexity index is 802. The Morgan fingerprint density at radius 2 is 1.70 bits per heavy atom. The predicted molar refractivity (Wildman–Crippen MR) is 108 cm³/mol. The number of halogens is 1. The molecule has 0 saturated carbocycles. The van der Waals surface area contributed by atoms with E-state index in [1.165, 1.54) is 0 Å². The molecule has 0 spiro atoms. The van der Waals surface area contributed by atoms with Crippen LogP contribution in [0.3, 0.4) is 0 Å². The second-order valence-electron chi connectivity index (χ2n) is 6.44. The average molecular weight is 432 g/mol. The molecule has 6 nitrogen and oxygen atoms in total. The topological polar surface area (TPSA) is 61.9 Å². The molecule has 0 radical (unpaired) electrons. The van der Waals surface area contributed by atoms with E-state index in [-0.39, 0.29) is 18.4 Å². The van der Waals surface area contributed by atoms with Crippen LogP contribution in [0.15, 0.2) is 53.0 Å². The van der Waals surface area contributed by atoms with Crippen LogP contribution in [0.1, 0.15) is 10.4 Å². The second kappa shape index (κ2) is 9.01. The van der Waals surface area contributed by atoms with Gasteiger partial charge < -0.3 is 19.9 Å². The molecule has 1 aliphatic heterocycles. The van der Waals surface area contributed by atoms with E-state index in [1.807, 2.05) is 24.1 Å². The molecule has 142 valence electrons. The number of nitrogens with one attached hydrogen (secondary N) is 1. The summed E-state index contributed by atoms with van der Waals surface area (Å²) in [6.45, 7) is 2.92. The van der Waals surface area contributed by atoms with Crippen molar-refractivity contribution in [3.8, 4) is 5.75 Å². The maximum atomic E-state index is 12.8. The summed E-state index contributed by atoms with van der Waals surface area (Å²) in [7, 11) is 2.04. The Hall–Kier alpha value is -2.38. The van der Waals surface area contributed by atoms with Crippen molar-refractivity contribution in [2.75, 3.05) is 45.2 Å². The number of nitrogens with zero attached hydrogens (tertiary/aromatic N) is 2. The van der Waals surface area contributed by atoms with E-state index in [0.717, 1.165) is 17.6 Å². The number of likely N-dealkylation sites (N-methyl/N-ethyl adjacent to an activating group) is 1. The lowest BCUT2D eigenvalue weighted by Gasteiger charge is -2.32. The van der Waals surface area contributed by atoms with Crippen molar-refractivity contribution in [2.45, 2.75) is 0 Å². The first-order valence-electron chi connectivity index (χ1n) is 8.78. The molecule has 0 aliphatic carbocycles. The highest BCUT2D eigenvalue weighted by molar-refractivity contribution is 9.10. The van der Waals surface area contributed by atoms with E-state index in [4.69, 9.17) is 4.74 Å². The number of benzene rings is 2. The molecule has 0 aromatic heterocycles. The number of para-hydroxylation sites is 1. The zero-order valence-corrected chi connectivity index (χ0v) is 16.7. The molecule has 0 atom stereocenters. The molecule has 1 heterocycles. The van der Waals surface area contributed by atoms with Crippen molar-refractivity contribution in [1.29, 1.82) is 0 Å². The third-order valence-electron chi connectivity index (χ3n) is 4.39. The van der Waals surface area contributed by atoms with Gasteiger partial charge in [0.2, 0.25) is 0 Å². The Morgan fingerprint density at radius 1 is 1.04 bits per heavy atom. The van der Waals surface area contributed by atoms with Crippen molar-refractivity contribution in [2.24, 2.45) is 0 Å².